The van der Waals surface area contributed by atoms with Gasteiger partial charge < -0.3 is 4.98 Å². The molecule has 1 aromatic heterocycles. The molecule has 0 saturated carbocycles. The van der Waals surface area contributed by atoms with Gasteiger partial charge in [-0.1, -0.05) is 23.2 Å². The number of imidazole rings is 1. The summed E-state index contributed by atoms with van der Waals surface area (Å²) in [7, 11) is 0. The van der Waals surface area contributed by atoms with Crippen LogP contribution in [0.1, 0.15) is 24.2 Å². The Morgan fingerprint density at radius 1 is 1.12 bits per heavy atom. The lowest BCUT2D eigenvalue weighted by atomic mass is 10.0. The van der Waals surface area contributed by atoms with Crippen LogP contribution in [0.2, 0.25) is 10.0 Å². The van der Waals surface area contributed by atoms with Crippen LogP contribution in [0, 0.1) is 0 Å². The highest BCUT2D eigenvalue weighted by molar-refractivity contribution is 6.35. The summed E-state index contributed by atoms with van der Waals surface area (Å²) < 4.78 is 0. The molecular formula is C13H12Cl2N2. The minimum Gasteiger partial charge on any atom is -0.342 e. The van der Waals surface area contributed by atoms with E-state index in [0.29, 0.717) is 10.0 Å². The summed E-state index contributed by atoms with van der Waals surface area (Å²) in [5, 5.41) is 1.36. The molecule has 0 saturated heterocycles. The van der Waals surface area contributed by atoms with Gasteiger partial charge in [0.2, 0.25) is 0 Å². The highest BCUT2D eigenvalue weighted by atomic mass is 35.5. The van der Waals surface area contributed by atoms with Gasteiger partial charge in [0.15, 0.2) is 0 Å². The minimum absolute atomic E-state index is 0.679. The van der Waals surface area contributed by atoms with Gasteiger partial charge in [-0.2, -0.15) is 0 Å². The van der Waals surface area contributed by atoms with Crippen molar-refractivity contribution in [2.45, 2.75) is 25.7 Å². The second kappa shape index (κ2) is 4.35. The van der Waals surface area contributed by atoms with E-state index < -0.39 is 0 Å². The Kier molecular flexibility index (Phi) is 2.85. The molecule has 2 aromatic rings. The topological polar surface area (TPSA) is 28.7 Å². The SMILES string of the molecule is Clc1ccc(Cl)c(-c2nc3c([nH]2)CCCC3)c1. The van der Waals surface area contributed by atoms with E-state index in [9.17, 15) is 0 Å². The summed E-state index contributed by atoms with van der Waals surface area (Å²) in [6, 6.07) is 5.45. The molecule has 17 heavy (non-hydrogen) atoms. The molecule has 1 N–H and O–H groups in total. The largest absolute Gasteiger partial charge is 0.342 e. The van der Waals surface area contributed by atoms with Gasteiger partial charge in [-0.05, 0) is 43.9 Å². The zero-order chi connectivity index (χ0) is 11.8. The summed E-state index contributed by atoms with van der Waals surface area (Å²) in [5.74, 6) is 0.837. The fourth-order valence-electron chi connectivity index (χ4n) is 2.26. The molecule has 2 nitrogen and oxygen atoms in total. The van der Waals surface area contributed by atoms with Crippen molar-refractivity contribution in [1.82, 2.24) is 9.97 Å². The van der Waals surface area contributed by atoms with Crippen LogP contribution in [0.15, 0.2) is 18.2 Å². The molecule has 1 aliphatic rings. The Hall–Kier alpha value is -0.990. The first kappa shape index (κ1) is 11.1. The number of rotatable bonds is 1. The highest BCUT2D eigenvalue weighted by Gasteiger charge is 2.16. The van der Waals surface area contributed by atoms with E-state index in [4.69, 9.17) is 23.2 Å². The third-order valence-electron chi connectivity index (χ3n) is 3.14. The fraction of sp³-hybridized carbons (Fsp3) is 0.308. The number of H-pyrrole nitrogens is 1. The minimum atomic E-state index is 0.679. The normalized spacial score (nSPS) is 14.7. The Bertz CT molecular complexity index is 537. The summed E-state index contributed by atoms with van der Waals surface area (Å²) in [6.45, 7) is 0. The van der Waals surface area contributed by atoms with Crippen LogP contribution in [0.4, 0.5) is 0 Å². The van der Waals surface area contributed by atoms with Crippen molar-refractivity contribution in [3.63, 3.8) is 0 Å². The molecule has 0 aliphatic heterocycles. The number of halogens is 2. The molecule has 0 atom stereocenters. The quantitative estimate of drug-likeness (QED) is 0.821. The van der Waals surface area contributed by atoms with Gasteiger partial charge in [-0.25, -0.2) is 4.98 Å². The average molecular weight is 267 g/mol. The number of fused-ring (bicyclic) bond motifs is 1. The number of hydrogen-bond donors (Lipinski definition) is 1. The van der Waals surface area contributed by atoms with Crippen LogP contribution in [0.25, 0.3) is 11.4 Å². The van der Waals surface area contributed by atoms with E-state index in [1.165, 1.54) is 24.2 Å². The van der Waals surface area contributed by atoms with E-state index in [2.05, 4.69) is 9.97 Å². The lowest BCUT2D eigenvalue weighted by Gasteiger charge is -2.07. The molecule has 3 rings (SSSR count). The van der Waals surface area contributed by atoms with Crippen molar-refractivity contribution in [1.29, 1.82) is 0 Å². The van der Waals surface area contributed by atoms with Crippen molar-refractivity contribution in [2.24, 2.45) is 0 Å². The molecule has 0 amide bonds. The fourth-order valence-corrected chi connectivity index (χ4v) is 2.64. The van der Waals surface area contributed by atoms with E-state index in [-0.39, 0.29) is 0 Å². The first-order valence-electron chi connectivity index (χ1n) is 5.77. The molecule has 4 heteroatoms. The Labute approximate surface area is 110 Å². The molecule has 0 spiro atoms. The van der Waals surface area contributed by atoms with Crippen molar-refractivity contribution in [3.8, 4) is 11.4 Å². The Morgan fingerprint density at radius 3 is 2.76 bits per heavy atom. The van der Waals surface area contributed by atoms with E-state index >= 15 is 0 Å². The number of nitrogens with one attached hydrogen (secondary N) is 1. The first-order valence-corrected chi connectivity index (χ1v) is 6.53. The molecule has 0 radical (unpaired) electrons. The molecule has 88 valence electrons. The standard InChI is InChI=1S/C13H12Cl2N2/c14-8-5-6-10(15)9(7-8)13-16-11-3-1-2-4-12(11)17-13/h5-7H,1-4H2,(H,16,17). The molecular weight excluding hydrogens is 255 g/mol. The van der Waals surface area contributed by atoms with Crippen LogP contribution in [-0.4, -0.2) is 9.97 Å². The van der Waals surface area contributed by atoms with Gasteiger partial charge in [-0.15, -0.1) is 0 Å². The average Bonchev–Trinajstić information content (AvgIpc) is 2.75. The summed E-state index contributed by atoms with van der Waals surface area (Å²) in [5.41, 5.74) is 3.32. The number of benzene rings is 1. The summed E-state index contributed by atoms with van der Waals surface area (Å²) >= 11 is 12.2. The van der Waals surface area contributed by atoms with Crippen LogP contribution in [0.5, 0.6) is 0 Å². The van der Waals surface area contributed by atoms with E-state index in [1.807, 2.05) is 6.07 Å². The van der Waals surface area contributed by atoms with Gasteiger partial charge in [0.25, 0.3) is 0 Å². The zero-order valence-corrected chi connectivity index (χ0v) is 10.8. The zero-order valence-electron chi connectivity index (χ0n) is 9.26. The maximum Gasteiger partial charge on any atom is 0.139 e. The van der Waals surface area contributed by atoms with E-state index in [1.54, 1.807) is 12.1 Å². The van der Waals surface area contributed by atoms with Gasteiger partial charge in [0.05, 0.1) is 10.7 Å². The maximum atomic E-state index is 6.18. The predicted octanol–water partition coefficient (Wildman–Crippen LogP) is 4.26. The monoisotopic (exact) mass is 266 g/mol. The van der Waals surface area contributed by atoms with Crippen molar-refractivity contribution in [2.75, 3.05) is 0 Å². The number of hydrogen-bond acceptors (Lipinski definition) is 1. The van der Waals surface area contributed by atoms with Crippen molar-refractivity contribution < 1.29 is 0 Å². The van der Waals surface area contributed by atoms with Crippen LogP contribution < -0.4 is 0 Å². The second-order valence-corrected chi connectivity index (χ2v) is 5.19. The van der Waals surface area contributed by atoms with Crippen molar-refractivity contribution in [3.05, 3.63) is 39.6 Å². The second-order valence-electron chi connectivity index (χ2n) is 4.34. The van der Waals surface area contributed by atoms with Crippen LogP contribution >= 0.6 is 23.2 Å². The predicted molar refractivity (Wildman–Crippen MR) is 70.7 cm³/mol. The molecule has 1 aliphatic carbocycles. The molecule has 0 bridgehead atoms. The Morgan fingerprint density at radius 2 is 1.94 bits per heavy atom. The number of aromatic amines is 1. The van der Waals surface area contributed by atoms with Crippen LogP contribution in [-0.2, 0) is 12.8 Å². The smallest absolute Gasteiger partial charge is 0.139 e. The van der Waals surface area contributed by atoms with Gasteiger partial charge in [0.1, 0.15) is 5.82 Å². The summed E-state index contributed by atoms with van der Waals surface area (Å²) in [4.78, 5) is 7.99. The van der Waals surface area contributed by atoms with Gasteiger partial charge in [-0.3, -0.25) is 0 Å². The maximum absolute atomic E-state index is 6.18. The molecule has 0 fully saturated rings. The van der Waals surface area contributed by atoms with Gasteiger partial charge in [0, 0.05) is 16.3 Å². The van der Waals surface area contributed by atoms with Gasteiger partial charge >= 0.3 is 0 Å². The number of nitrogens with zero attached hydrogens (tertiary/aromatic N) is 1. The van der Waals surface area contributed by atoms with Crippen LogP contribution in [0.3, 0.4) is 0 Å². The summed E-state index contributed by atoms with van der Waals surface area (Å²) in [6.07, 6.45) is 4.60. The lowest BCUT2D eigenvalue weighted by Crippen LogP contribution is -2.00. The third-order valence-corrected chi connectivity index (χ3v) is 3.70. The van der Waals surface area contributed by atoms with E-state index in [0.717, 1.165) is 24.2 Å². The van der Waals surface area contributed by atoms with Crippen molar-refractivity contribution >= 4 is 23.2 Å². The molecule has 1 heterocycles. The lowest BCUT2D eigenvalue weighted by molar-refractivity contribution is 0.667. The third kappa shape index (κ3) is 2.07. The number of aromatic nitrogens is 2. The highest BCUT2D eigenvalue weighted by Crippen LogP contribution is 2.30. The number of aryl methyl sites for hydroxylation is 2. The molecule has 1 aromatic carbocycles. The molecule has 0 unspecified atom stereocenters. The first-order chi connectivity index (χ1) is 8.24. The Balaban J connectivity index is 2.08.